The van der Waals surface area contributed by atoms with Crippen molar-refractivity contribution in [3.8, 4) is 0 Å². The molecular formula is C14H21N3O2S2. The van der Waals surface area contributed by atoms with E-state index in [-0.39, 0.29) is 15.4 Å². The van der Waals surface area contributed by atoms with Crippen molar-refractivity contribution in [3.63, 3.8) is 0 Å². The quantitative estimate of drug-likeness (QED) is 0.840. The lowest BCUT2D eigenvalue weighted by Gasteiger charge is -2.44. The van der Waals surface area contributed by atoms with Crippen LogP contribution in [0.4, 0.5) is 0 Å². The fourth-order valence-corrected chi connectivity index (χ4v) is 4.06. The van der Waals surface area contributed by atoms with Gasteiger partial charge in [0.05, 0.1) is 4.90 Å². The topological polar surface area (TPSA) is 66.6 Å². The predicted molar refractivity (Wildman–Crippen MR) is 87.8 cm³/mol. The second kappa shape index (κ2) is 5.64. The zero-order valence-corrected chi connectivity index (χ0v) is 14.2. The number of likely N-dealkylation sites (N-methyl/N-ethyl adjacent to an activating group) is 1. The minimum absolute atomic E-state index is 0.177. The van der Waals surface area contributed by atoms with E-state index in [4.69, 9.17) is 18.0 Å². The van der Waals surface area contributed by atoms with Crippen molar-refractivity contribution in [1.82, 2.24) is 9.21 Å². The van der Waals surface area contributed by atoms with Gasteiger partial charge in [0, 0.05) is 30.7 Å². The summed E-state index contributed by atoms with van der Waals surface area (Å²) >= 11 is 4.88. The molecule has 21 heavy (non-hydrogen) atoms. The van der Waals surface area contributed by atoms with Crippen LogP contribution in [0.5, 0.6) is 0 Å². The van der Waals surface area contributed by atoms with Crippen LogP contribution in [0.2, 0.25) is 0 Å². The lowest BCUT2D eigenvalue weighted by molar-refractivity contribution is 0.0801. The summed E-state index contributed by atoms with van der Waals surface area (Å²) in [5.74, 6) is 0. The first kappa shape index (κ1) is 16.4. The lowest BCUT2D eigenvalue weighted by atomic mass is 10.0. The van der Waals surface area contributed by atoms with Gasteiger partial charge in [0.1, 0.15) is 4.99 Å². The van der Waals surface area contributed by atoms with Crippen LogP contribution in [-0.2, 0) is 10.0 Å². The van der Waals surface area contributed by atoms with Crippen molar-refractivity contribution in [2.45, 2.75) is 24.3 Å². The number of sulfonamides is 1. The number of piperazine rings is 1. The zero-order chi connectivity index (χ0) is 15.8. The van der Waals surface area contributed by atoms with Gasteiger partial charge in [-0.1, -0.05) is 24.4 Å². The molecule has 1 aliphatic heterocycles. The number of hydrogen-bond donors (Lipinski definition) is 1. The largest absolute Gasteiger partial charge is 0.389 e. The summed E-state index contributed by atoms with van der Waals surface area (Å²) in [4.78, 5) is 2.72. The Hall–Kier alpha value is -1.02. The average molecular weight is 327 g/mol. The van der Waals surface area contributed by atoms with Crippen molar-refractivity contribution in [2.24, 2.45) is 5.73 Å². The van der Waals surface area contributed by atoms with E-state index in [1.807, 2.05) is 20.9 Å². The minimum atomic E-state index is -3.48. The maximum atomic E-state index is 12.7. The molecular weight excluding hydrogens is 306 g/mol. The van der Waals surface area contributed by atoms with Crippen LogP contribution in [0, 0.1) is 0 Å². The molecule has 1 saturated heterocycles. The number of hydrogen-bond acceptors (Lipinski definition) is 4. The summed E-state index contributed by atoms with van der Waals surface area (Å²) in [5, 5.41) is 0. The number of nitrogens with two attached hydrogens (primary N) is 1. The predicted octanol–water partition coefficient (Wildman–Crippen LogP) is 1.04. The van der Waals surface area contributed by atoms with Gasteiger partial charge in [-0.2, -0.15) is 4.31 Å². The molecule has 0 bridgehead atoms. The smallest absolute Gasteiger partial charge is 0.243 e. The van der Waals surface area contributed by atoms with E-state index < -0.39 is 10.0 Å². The third kappa shape index (κ3) is 3.26. The molecule has 1 heterocycles. The maximum Gasteiger partial charge on any atom is 0.243 e. The van der Waals surface area contributed by atoms with Gasteiger partial charge in [-0.3, -0.25) is 4.90 Å². The Morgan fingerprint density at radius 3 is 2.29 bits per heavy atom. The SMILES string of the molecule is CN1CCN(S(=O)(=O)c2ccc(C(N)=S)cc2)CC1(C)C. The van der Waals surface area contributed by atoms with E-state index in [1.165, 1.54) is 0 Å². The highest BCUT2D eigenvalue weighted by Crippen LogP contribution is 2.25. The summed E-state index contributed by atoms with van der Waals surface area (Å²) < 4.78 is 27.0. The molecule has 0 aliphatic carbocycles. The van der Waals surface area contributed by atoms with Gasteiger partial charge in [-0.05, 0) is 33.0 Å². The Bertz CT molecular complexity index is 639. The summed E-state index contributed by atoms with van der Waals surface area (Å²) in [6.45, 7) is 5.79. The molecule has 7 heteroatoms. The summed E-state index contributed by atoms with van der Waals surface area (Å²) in [5.41, 5.74) is 6.03. The molecule has 2 N–H and O–H groups in total. The van der Waals surface area contributed by atoms with Crippen LogP contribution in [0.15, 0.2) is 29.2 Å². The number of nitrogens with zero attached hydrogens (tertiary/aromatic N) is 2. The maximum absolute atomic E-state index is 12.7. The first-order valence-corrected chi connectivity index (χ1v) is 8.61. The Kier molecular flexibility index (Phi) is 4.39. The molecule has 0 amide bonds. The second-order valence-corrected chi connectivity index (χ2v) is 8.34. The van der Waals surface area contributed by atoms with Gasteiger partial charge in [-0.25, -0.2) is 8.42 Å². The highest BCUT2D eigenvalue weighted by molar-refractivity contribution is 7.89. The van der Waals surface area contributed by atoms with Crippen LogP contribution in [0.3, 0.4) is 0 Å². The minimum Gasteiger partial charge on any atom is -0.389 e. The second-order valence-electron chi connectivity index (χ2n) is 5.96. The highest BCUT2D eigenvalue weighted by atomic mass is 32.2. The van der Waals surface area contributed by atoms with Gasteiger partial charge in [0.15, 0.2) is 0 Å². The fourth-order valence-electron chi connectivity index (χ4n) is 2.34. The Morgan fingerprint density at radius 2 is 1.81 bits per heavy atom. The third-order valence-corrected chi connectivity index (χ3v) is 6.15. The summed E-state index contributed by atoms with van der Waals surface area (Å²) in [7, 11) is -1.46. The van der Waals surface area contributed by atoms with E-state index >= 15 is 0 Å². The molecule has 0 saturated carbocycles. The van der Waals surface area contributed by atoms with Gasteiger partial charge >= 0.3 is 0 Å². The molecule has 1 aromatic carbocycles. The molecule has 0 aromatic heterocycles. The molecule has 2 rings (SSSR count). The van der Waals surface area contributed by atoms with Crippen LogP contribution >= 0.6 is 12.2 Å². The summed E-state index contributed by atoms with van der Waals surface area (Å²) in [6.07, 6.45) is 0. The monoisotopic (exact) mass is 327 g/mol. The third-order valence-electron chi connectivity index (χ3n) is 4.06. The lowest BCUT2D eigenvalue weighted by Crippen LogP contribution is -2.58. The normalized spacial score (nSPS) is 20.3. The Morgan fingerprint density at radius 1 is 1.24 bits per heavy atom. The molecule has 1 aromatic rings. The molecule has 0 atom stereocenters. The first-order chi connectivity index (χ1) is 9.64. The van der Waals surface area contributed by atoms with E-state index in [9.17, 15) is 8.42 Å². The Labute approximate surface area is 131 Å². The molecule has 5 nitrogen and oxygen atoms in total. The standard InChI is InChI=1S/C14H21N3O2S2/c1-14(2)10-17(9-8-16(14)3)21(18,19)12-6-4-11(5-7-12)13(15)20/h4-7H,8-10H2,1-3H3,(H2,15,20). The van der Waals surface area contributed by atoms with E-state index in [1.54, 1.807) is 28.6 Å². The number of rotatable bonds is 3. The zero-order valence-electron chi connectivity index (χ0n) is 12.5. The van der Waals surface area contributed by atoms with Gasteiger partial charge in [-0.15, -0.1) is 0 Å². The van der Waals surface area contributed by atoms with Crippen molar-refractivity contribution in [1.29, 1.82) is 0 Å². The first-order valence-electron chi connectivity index (χ1n) is 6.76. The number of thiocarbonyl (C=S) groups is 1. The van der Waals surface area contributed by atoms with Gasteiger partial charge in [0.2, 0.25) is 10.0 Å². The van der Waals surface area contributed by atoms with Gasteiger partial charge < -0.3 is 5.73 Å². The molecule has 0 unspecified atom stereocenters. The molecule has 0 radical (unpaired) electrons. The molecule has 1 fully saturated rings. The van der Waals surface area contributed by atoms with E-state index in [2.05, 4.69) is 4.90 Å². The van der Waals surface area contributed by atoms with E-state index in [0.717, 1.165) is 6.54 Å². The van der Waals surface area contributed by atoms with Crippen LogP contribution in [0.1, 0.15) is 19.4 Å². The van der Waals surface area contributed by atoms with Crippen LogP contribution in [0.25, 0.3) is 0 Å². The summed E-state index contributed by atoms with van der Waals surface area (Å²) in [6, 6.07) is 6.43. The molecule has 116 valence electrons. The van der Waals surface area contributed by atoms with Crippen LogP contribution in [-0.4, -0.2) is 54.8 Å². The van der Waals surface area contributed by atoms with Crippen molar-refractivity contribution < 1.29 is 8.42 Å². The Balaban J connectivity index is 2.28. The molecule has 1 aliphatic rings. The molecule has 0 spiro atoms. The van der Waals surface area contributed by atoms with E-state index in [0.29, 0.717) is 18.7 Å². The van der Waals surface area contributed by atoms with Crippen molar-refractivity contribution >= 4 is 27.2 Å². The fraction of sp³-hybridized carbons (Fsp3) is 0.500. The van der Waals surface area contributed by atoms with Crippen molar-refractivity contribution in [2.75, 3.05) is 26.7 Å². The average Bonchev–Trinajstić information content (AvgIpc) is 2.41. The van der Waals surface area contributed by atoms with Gasteiger partial charge in [0.25, 0.3) is 0 Å². The highest BCUT2D eigenvalue weighted by Gasteiger charge is 2.37. The number of benzene rings is 1. The van der Waals surface area contributed by atoms with Crippen molar-refractivity contribution in [3.05, 3.63) is 29.8 Å². The van der Waals surface area contributed by atoms with Crippen LogP contribution < -0.4 is 5.73 Å².